The zero-order valence-corrected chi connectivity index (χ0v) is 11.2. The molecular formula is C13H18ClN3O. The molecule has 3 N–H and O–H groups in total. The molecule has 2 rings (SSSR count). The van der Waals surface area contributed by atoms with E-state index in [-0.39, 0.29) is 5.91 Å². The molecule has 18 heavy (non-hydrogen) atoms. The lowest BCUT2D eigenvalue weighted by atomic mass is 9.92. The van der Waals surface area contributed by atoms with Crippen LogP contribution in [0, 0.1) is 0 Å². The highest BCUT2D eigenvalue weighted by Crippen LogP contribution is 2.25. The number of amides is 1. The van der Waals surface area contributed by atoms with Gasteiger partial charge in [-0.2, -0.15) is 0 Å². The van der Waals surface area contributed by atoms with Crippen molar-refractivity contribution < 1.29 is 4.79 Å². The van der Waals surface area contributed by atoms with Gasteiger partial charge in [-0.1, -0.05) is 18.0 Å². The number of carbonyl (C=O) groups is 1. The second-order valence-corrected chi connectivity index (χ2v) is 5.19. The monoisotopic (exact) mass is 267 g/mol. The van der Waals surface area contributed by atoms with E-state index in [0.29, 0.717) is 29.0 Å². The summed E-state index contributed by atoms with van der Waals surface area (Å²) in [6.45, 7) is 0.385. The highest BCUT2D eigenvalue weighted by atomic mass is 35.5. The Morgan fingerprint density at radius 2 is 2.28 bits per heavy atom. The Kier molecular flexibility index (Phi) is 4.09. The van der Waals surface area contributed by atoms with Gasteiger partial charge >= 0.3 is 0 Å². The summed E-state index contributed by atoms with van der Waals surface area (Å²) in [5, 5.41) is 3.30. The van der Waals surface area contributed by atoms with Crippen molar-refractivity contribution in [1.29, 1.82) is 0 Å². The number of nitrogens with two attached hydrogens (primary N) is 1. The average Bonchev–Trinajstić information content (AvgIpc) is 2.20. The molecule has 4 nitrogen and oxygen atoms in total. The third-order valence-electron chi connectivity index (χ3n) is 3.36. The second-order valence-electron chi connectivity index (χ2n) is 4.79. The van der Waals surface area contributed by atoms with Crippen molar-refractivity contribution in [2.75, 3.05) is 24.6 Å². The molecule has 0 unspecified atom stereocenters. The van der Waals surface area contributed by atoms with Crippen LogP contribution in [0.1, 0.15) is 19.3 Å². The summed E-state index contributed by atoms with van der Waals surface area (Å²) < 4.78 is 0. The van der Waals surface area contributed by atoms with Gasteiger partial charge in [0.25, 0.3) is 0 Å². The normalized spacial score (nSPS) is 15.5. The van der Waals surface area contributed by atoms with E-state index < -0.39 is 0 Å². The average molecular weight is 268 g/mol. The third kappa shape index (κ3) is 3.15. The summed E-state index contributed by atoms with van der Waals surface area (Å²) in [6.07, 6.45) is 3.63. The molecule has 0 heterocycles. The number of likely N-dealkylation sites (N-methyl/N-ethyl adjacent to an activating group) is 1. The van der Waals surface area contributed by atoms with E-state index in [0.717, 1.165) is 0 Å². The Morgan fingerprint density at radius 1 is 1.56 bits per heavy atom. The Bertz CT molecular complexity index is 446. The van der Waals surface area contributed by atoms with Crippen LogP contribution in [0.4, 0.5) is 11.4 Å². The molecule has 1 aromatic carbocycles. The first-order valence-electron chi connectivity index (χ1n) is 6.11. The van der Waals surface area contributed by atoms with Gasteiger partial charge in [-0.25, -0.2) is 0 Å². The van der Waals surface area contributed by atoms with Crippen LogP contribution in [0.5, 0.6) is 0 Å². The Balaban J connectivity index is 1.91. The predicted octanol–water partition coefficient (Wildman–Crippen LogP) is 2.34. The number of benzene rings is 1. The minimum Gasteiger partial charge on any atom is -0.399 e. The van der Waals surface area contributed by atoms with Crippen LogP contribution in [0.15, 0.2) is 18.2 Å². The van der Waals surface area contributed by atoms with E-state index in [2.05, 4.69) is 10.2 Å². The van der Waals surface area contributed by atoms with Crippen molar-refractivity contribution in [2.24, 2.45) is 0 Å². The zero-order valence-electron chi connectivity index (χ0n) is 10.4. The van der Waals surface area contributed by atoms with Gasteiger partial charge in [-0.05, 0) is 38.1 Å². The maximum atomic E-state index is 11.9. The van der Waals surface area contributed by atoms with E-state index in [4.69, 9.17) is 17.3 Å². The molecule has 1 amide bonds. The predicted molar refractivity (Wildman–Crippen MR) is 74.8 cm³/mol. The van der Waals surface area contributed by atoms with Crippen LogP contribution in [-0.2, 0) is 4.79 Å². The molecule has 1 aromatic rings. The maximum absolute atomic E-state index is 11.9. The van der Waals surface area contributed by atoms with Gasteiger partial charge < -0.3 is 11.1 Å². The molecule has 5 heteroatoms. The van der Waals surface area contributed by atoms with E-state index in [1.807, 2.05) is 7.05 Å². The smallest absolute Gasteiger partial charge is 0.238 e. The number of anilines is 2. The quantitative estimate of drug-likeness (QED) is 0.824. The standard InChI is InChI=1S/C13H18ClN3O/c1-17(10-3-2-4-10)8-13(18)16-12-7-9(15)5-6-11(12)14/h5-7,10H,2-4,8,15H2,1H3,(H,16,18). The summed E-state index contributed by atoms with van der Waals surface area (Å²) in [5.74, 6) is -0.0584. The number of rotatable bonds is 4. The SMILES string of the molecule is CN(CC(=O)Nc1cc(N)ccc1Cl)C1CCC1. The first-order valence-corrected chi connectivity index (χ1v) is 6.49. The number of nitrogen functional groups attached to an aromatic ring is 1. The largest absolute Gasteiger partial charge is 0.399 e. The number of hydrogen-bond donors (Lipinski definition) is 2. The van der Waals surface area contributed by atoms with Crippen molar-refractivity contribution in [3.8, 4) is 0 Å². The minimum absolute atomic E-state index is 0.0584. The molecule has 98 valence electrons. The molecule has 0 bridgehead atoms. The van der Waals surface area contributed by atoms with Crippen LogP contribution in [-0.4, -0.2) is 30.4 Å². The fraction of sp³-hybridized carbons (Fsp3) is 0.462. The second kappa shape index (κ2) is 5.59. The fourth-order valence-corrected chi connectivity index (χ4v) is 2.18. The topological polar surface area (TPSA) is 58.4 Å². The van der Waals surface area contributed by atoms with Crippen molar-refractivity contribution in [1.82, 2.24) is 4.90 Å². The Hall–Kier alpha value is -1.26. The van der Waals surface area contributed by atoms with Crippen LogP contribution < -0.4 is 11.1 Å². The molecule has 0 spiro atoms. The minimum atomic E-state index is -0.0584. The number of carbonyl (C=O) groups excluding carboxylic acids is 1. The zero-order chi connectivity index (χ0) is 13.1. The summed E-state index contributed by atoms with van der Waals surface area (Å²) in [6, 6.07) is 5.61. The van der Waals surface area contributed by atoms with Crippen molar-refractivity contribution in [3.05, 3.63) is 23.2 Å². The summed E-state index contributed by atoms with van der Waals surface area (Å²) in [7, 11) is 1.98. The van der Waals surface area contributed by atoms with Gasteiger partial charge in [0.2, 0.25) is 5.91 Å². The third-order valence-corrected chi connectivity index (χ3v) is 3.69. The number of nitrogens with one attached hydrogen (secondary N) is 1. The lowest BCUT2D eigenvalue weighted by Gasteiger charge is -2.34. The molecule has 0 radical (unpaired) electrons. The molecular weight excluding hydrogens is 250 g/mol. The number of nitrogens with zero attached hydrogens (tertiary/aromatic N) is 1. The summed E-state index contributed by atoms with van der Waals surface area (Å²) in [5.41, 5.74) is 6.82. The van der Waals surface area contributed by atoms with Crippen LogP contribution >= 0.6 is 11.6 Å². The molecule has 1 fully saturated rings. The highest BCUT2D eigenvalue weighted by Gasteiger charge is 2.23. The van der Waals surface area contributed by atoms with Crippen LogP contribution in [0.2, 0.25) is 5.02 Å². The lowest BCUT2D eigenvalue weighted by Crippen LogP contribution is -2.41. The van der Waals surface area contributed by atoms with E-state index in [9.17, 15) is 4.79 Å². The maximum Gasteiger partial charge on any atom is 0.238 e. The fourth-order valence-electron chi connectivity index (χ4n) is 2.01. The molecule has 1 saturated carbocycles. The van der Waals surface area contributed by atoms with Gasteiger partial charge in [-0.3, -0.25) is 9.69 Å². The molecule has 1 aliphatic carbocycles. The molecule has 0 saturated heterocycles. The number of hydrogen-bond acceptors (Lipinski definition) is 3. The molecule has 0 atom stereocenters. The van der Waals surface area contributed by atoms with Gasteiger partial charge in [0.05, 0.1) is 17.3 Å². The van der Waals surface area contributed by atoms with Crippen molar-refractivity contribution in [3.63, 3.8) is 0 Å². The van der Waals surface area contributed by atoms with E-state index >= 15 is 0 Å². The van der Waals surface area contributed by atoms with Gasteiger partial charge in [0.15, 0.2) is 0 Å². The lowest BCUT2D eigenvalue weighted by molar-refractivity contribution is -0.117. The molecule has 0 aromatic heterocycles. The first-order chi connectivity index (χ1) is 8.56. The Morgan fingerprint density at radius 3 is 2.89 bits per heavy atom. The van der Waals surface area contributed by atoms with Crippen molar-refractivity contribution >= 4 is 28.9 Å². The van der Waals surface area contributed by atoms with Gasteiger partial charge in [0.1, 0.15) is 0 Å². The highest BCUT2D eigenvalue weighted by molar-refractivity contribution is 6.33. The van der Waals surface area contributed by atoms with Crippen molar-refractivity contribution in [2.45, 2.75) is 25.3 Å². The van der Waals surface area contributed by atoms with Crippen LogP contribution in [0.25, 0.3) is 0 Å². The van der Waals surface area contributed by atoms with E-state index in [1.54, 1.807) is 18.2 Å². The van der Waals surface area contributed by atoms with Gasteiger partial charge in [-0.15, -0.1) is 0 Å². The van der Waals surface area contributed by atoms with E-state index in [1.165, 1.54) is 19.3 Å². The summed E-state index contributed by atoms with van der Waals surface area (Å²) >= 11 is 5.99. The molecule has 0 aliphatic heterocycles. The van der Waals surface area contributed by atoms with Crippen LogP contribution in [0.3, 0.4) is 0 Å². The van der Waals surface area contributed by atoms with Gasteiger partial charge in [0, 0.05) is 11.7 Å². The molecule has 1 aliphatic rings. The summed E-state index contributed by atoms with van der Waals surface area (Å²) in [4.78, 5) is 14.0. The first kappa shape index (κ1) is 13.2. The number of halogens is 1. The Labute approximate surface area is 112 Å².